The van der Waals surface area contributed by atoms with Crippen molar-refractivity contribution in [1.82, 2.24) is 5.32 Å². The monoisotopic (exact) mass is 289 g/mol. The molecule has 1 aliphatic rings. The zero-order valence-corrected chi connectivity index (χ0v) is 10.4. The third-order valence-corrected chi connectivity index (χ3v) is 3.29. The molecule has 0 aliphatic heterocycles. The van der Waals surface area contributed by atoms with Crippen molar-refractivity contribution in [2.24, 2.45) is 5.92 Å². The molecule has 1 rings (SSSR count). The molecular formula is C11H16F5NO2. The van der Waals surface area contributed by atoms with Gasteiger partial charge in [0, 0.05) is 6.54 Å². The lowest BCUT2D eigenvalue weighted by Gasteiger charge is -2.36. The van der Waals surface area contributed by atoms with Crippen molar-refractivity contribution in [3.05, 3.63) is 0 Å². The first kappa shape index (κ1) is 16.1. The van der Waals surface area contributed by atoms with Gasteiger partial charge in [0.2, 0.25) is 0 Å². The standard InChI is InChI=1S/C11H16F5NO2/c1-7-3-2-4-9(19,5-7)6-17-8(18)10(12,13)11(14,15)16/h7,19H,2-6H2,1H3,(H,17,18). The molecule has 0 radical (unpaired) electrons. The van der Waals surface area contributed by atoms with Crippen LogP contribution in [0.1, 0.15) is 32.6 Å². The van der Waals surface area contributed by atoms with Gasteiger partial charge in [-0.3, -0.25) is 4.79 Å². The lowest BCUT2D eigenvalue weighted by atomic mass is 9.79. The van der Waals surface area contributed by atoms with Gasteiger partial charge in [-0.2, -0.15) is 22.0 Å². The molecule has 2 N–H and O–H groups in total. The number of carbonyl (C=O) groups excluding carboxylic acids is 1. The number of nitrogens with one attached hydrogen (secondary N) is 1. The second-order valence-electron chi connectivity index (χ2n) is 5.18. The highest BCUT2D eigenvalue weighted by molar-refractivity contribution is 5.84. The molecule has 112 valence electrons. The first-order valence-electron chi connectivity index (χ1n) is 5.93. The van der Waals surface area contributed by atoms with Gasteiger partial charge < -0.3 is 10.4 Å². The molecule has 0 aromatic heterocycles. The summed E-state index contributed by atoms with van der Waals surface area (Å²) in [7, 11) is 0. The van der Waals surface area contributed by atoms with Gasteiger partial charge >= 0.3 is 12.1 Å². The Labute approximate surface area is 107 Å². The lowest BCUT2D eigenvalue weighted by Crippen LogP contribution is -2.54. The molecule has 0 aromatic rings. The van der Waals surface area contributed by atoms with Crippen molar-refractivity contribution in [3.63, 3.8) is 0 Å². The summed E-state index contributed by atoms with van der Waals surface area (Å²) >= 11 is 0. The normalized spacial score (nSPS) is 29.1. The number of alkyl halides is 5. The Morgan fingerprint density at radius 3 is 2.42 bits per heavy atom. The third kappa shape index (κ3) is 3.77. The predicted molar refractivity (Wildman–Crippen MR) is 56.6 cm³/mol. The maximum absolute atomic E-state index is 12.7. The van der Waals surface area contributed by atoms with Crippen LogP contribution in [0.5, 0.6) is 0 Å². The minimum atomic E-state index is -5.93. The summed E-state index contributed by atoms with van der Waals surface area (Å²) in [6.45, 7) is 1.25. The zero-order chi connectivity index (χ0) is 14.9. The summed E-state index contributed by atoms with van der Waals surface area (Å²) in [5.41, 5.74) is -1.41. The van der Waals surface area contributed by atoms with Crippen LogP contribution in [0.2, 0.25) is 0 Å². The van der Waals surface area contributed by atoms with E-state index in [0.29, 0.717) is 6.42 Å². The fourth-order valence-electron chi connectivity index (χ4n) is 2.28. The lowest BCUT2D eigenvalue weighted by molar-refractivity contribution is -0.270. The zero-order valence-electron chi connectivity index (χ0n) is 10.4. The van der Waals surface area contributed by atoms with E-state index in [1.807, 2.05) is 6.92 Å². The van der Waals surface area contributed by atoms with E-state index in [2.05, 4.69) is 0 Å². The first-order valence-corrected chi connectivity index (χ1v) is 5.93. The number of amides is 1. The van der Waals surface area contributed by atoms with E-state index < -0.39 is 30.2 Å². The Morgan fingerprint density at radius 2 is 1.95 bits per heavy atom. The minimum Gasteiger partial charge on any atom is -0.388 e. The van der Waals surface area contributed by atoms with Gasteiger partial charge in [-0.1, -0.05) is 19.8 Å². The fraction of sp³-hybridized carbons (Fsp3) is 0.909. The number of hydrogen-bond donors (Lipinski definition) is 2. The summed E-state index contributed by atoms with van der Waals surface area (Å²) in [5, 5.41) is 11.5. The van der Waals surface area contributed by atoms with E-state index in [1.54, 1.807) is 0 Å². The van der Waals surface area contributed by atoms with Gasteiger partial charge in [-0.15, -0.1) is 0 Å². The Bertz CT molecular complexity index is 344. The van der Waals surface area contributed by atoms with Crippen LogP contribution in [-0.4, -0.2) is 35.3 Å². The van der Waals surface area contributed by atoms with Gasteiger partial charge in [-0.05, 0) is 18.8 Å². The maximum atomic E-state index is 12.7. The smallest absolute Gasteiger partial charge is 0.388 e. The number of rotatable bonds is 3. The van der Waals surface area contributed by atoms with Crippen LogP contribution in [0, 0.1) is 5.92 Å². The number of halogens is 5. The molecule has 1 aliphatic carbocycles. The summed E-state index contributed by atoms with van der Waals surface area (Å²) in [6, 6.07) is 0. The molecule has 1 saturated carbocycles. The van der Waals surface area contributed by atoms with E-state index in [9.17, 15) is 31.9 Å². The largest absolute Gasteiger partial charge is 0.463 e. The highest BCUT2D eigenvalue weighted by Crippen LogP contribution is 2.36. The molecule has 0 heterocycles. The first-order chi connectivity index (χ1) is 8.48. The van der Waals surface area contributed by atoms with Crippen LogP contribution in [0.4, 0.5) is 22.0 Å². The van der Waals surface area contributed by atoms with Gasteiger partial charge in [-0.25, -0.2) is 0 Å². The topological polar surface area (TPSA) is 49.3 Å². The van der Waals surface area contributed by atoms with Crippen molar-refractivity contribution < 1.29 is 31.9 Å². The van der Waals surface area contributed by atoms with E-state index in [4.69, 9.17) is 0 Å². The van der Waals surface area contributed by atoms with Crippen molar-refractivity contribution in [1.29, 1.82) is 0 Å². The molecule has 1 fully saturated rings. The maximum Gasteiger partial charge on any atom is 0.463 e. The molecular weight excluding hydrogens is 273 g/mol. The number of hydrogen-bond acceptors (Lipinski definition) is 2. The second-order valence-corrected chi connectivity index (χ2v) is 5.18. The van der Waals surface area contributed by atoms with Crippen LogP contribution in [0.15, 0.2) is 0 Å². The molecule has 1 amide bonds. The minimum absolute atomic E-state index is 0.138. The quantitative estimate of drug-likeness (QED) is 0.783. The van der Waals surface area contributed by atoms with Gasteiger partial charge in [0.05, 0.1) is 5.60 Å². The van der Waals surface area contributed by atoms with Crippen LogP contribution < -0.4 is 5.32 Å². The molecule has 0 spiro atoms. The van der Waals surface area contributed by atoms with Crippen LogP contribution >= 0.6 is 0 Å². The predicted octanol–water partition coefficient (Wildman–Crippen LogP) is 2.24. The fourth-order valence-corrected chi connectivity index (χ4v) is 2.28. The van der Waals surface area contributed by atoms with E-state index in [1.165, 1.54) is 5.32 Å². The van der Waals surface area contributed by atoms with Crippen LogP contribution in [0.3, 0.4) is 0 Å². The second kappa shape index (κ2) is 5.22. The van der Waals surface area contributed by atoms with Gasteiger partial charge in [0.25, 0.3) is 5.91 Å². The average molecular weight is 289 g/mol. The van der Waals surface area contributed by atoms with E-state index >= 15 is 0 Å². The average Bonchev–Trinajstić information content (AvgIpc) is 2.24. The summed E-state index contributed by atoms with van der Waals surface area (Å²) in [4.78, 5) is 10.9. The highest BCUT2D eigenvalue weighted by Gasteiger charge is 2.63. The molecule has 0 bridgehead atoms. The molecule has 0 saturated heterocycles. The third-order valence-electron chi connectivity index (χ3n) is 3.29. The van der Waals surface area contributed by atoms with Crippen molar-refractivity contribution in [3.8, 4) is 0 Å². The summed E-state index contributed by atoms with van der Waals surface area (Å²) in [5.74, 6) is -7.73. The summed E-state index contributed by atoms with van der Waals surface area (Å²) in [6.07, 6.45) is -3.89. The Balaban J connectivity index is 2.59. The molecule has 8 heteroatoms. The molecule has 2 atom stereocenters. The molecule has 2 unspecified atom stereocenters. The van der Waals surface area contributed by atoms with E-state index in [-0.39, 0.29) is 18.8 Å². The number of aliphatic hydroxyl groups is 1. The van der Waals surface area contributed by atoms with Crippen molar-refractivity contribution in [2.45, 2.75) is 50.3 Å². The molecule has 19 heavy (non-hydrogen) atoms. The van der Waals surface area contributed by atoms with Gasteiger partial charge in [0.1, 0.15) is 0 Å². The Kier molecular flexibility index (Phi) is 4.44. The van der Waals surface area contributed by atoms with Crippen LogP contribution in [0.25, 0.3) is 0 Å². The van der Waals surface area contributed by atoms with E-state index in [0.717, 1.165) is 6.42 Å². The Hall–Kier alpha value is -0.920. The molecule has 0 aromatic carbocycles. The Morgan fingerprint density at radius 1 is 1.37 bits per heavy atom. The van der Waals surface area contributed by atoms with Crippen molar-refractivity contribution in [2.75, 3.05) is 6.54 Å². The highest BCUT2D eigenvalue weighted by atomic mass is 19.4. The SMILES string of the molecule is CC1CCCC(O)(CNC(=O)C(F)(F)C(F)(F)F)C1. The summed E-state index contributed by atoms with van der Waals surface area (Å²) < 4.78 is 61.1. The number of carbonyl (C=O) groups is 1. The van der Waals surface area contributed by atoms with Crippen LogP contribution in [-0.2, 0) is 4.79 Å². The molecule has 3 nitrogen and oxygen atoms in total. The van der Waals surface area contributed by atoms with Crippen molar-refractivity contribution >= 4 is 5.91 Å². The van der Waals surface area contributed by atoms with Gasteiger partial charge in [0.15, 0.2) is 0 Å².